The molecule has 37 heavy (non-hydrogen) atoms. The van der Waals surface area contributed by atoms with Crippen molar-refractivity contribution in [1.82, 2.24) is 20.2 Å². The van der Waals surface area contributed by atoms with E-state index in [4.69, 9.17) is 4.74 Å². The van der Waals surface area contributed by atoms with Crippen molar-refractivity contribution >= 4 is 22.5 Å². The van der Waals surface area contributed by atoms with Crippen LogP contribution in [0.3, 0.4) is 0 Å². The van der Waals surface area contributed by atoms with Crippen LogP contribution in [0.25, 0.3) is 22.3 Å². The van der Waals surface area contributed by atoms with E-state index in [0.29, 0.717) is 28.3 Å². The lowest BCUT2D eigenvalue weighted by Gasteiger charge is -2.11. The van der Waals surface area contributed by atoms with E-state index >= 15 is 0 Å². The number of nitrogens with one attached hydrogen (secondary N) is 2. The van der Waals surface area contributed by atoms with Gasteiger partial charge in [0.05, 0.1) is 16.6 Å². The number of ether oxygens (including phenoxy) is 1. The number of nitrogens with zero attached hydrogens (tertiary/aromatic N) is 3. The van der Waals surface area contributed by atoms with Gasteiger partial charge in [-0.25, -0.2) is 0 Å². The van der Waals surface area contributed by atoms with Crippen LogP contribution < -0.4 is 10.1 Å². The molecule has 0 amide bonds. The predicted octanol–water partition coefficient (Wildman–Crippen LogP) is 7.59. The first-order valence-electron chi connectivity index (χ1n) is 10.7. The molecule has 3 aromatic carbocycles. The van der Waals surface area contributed by atoms with Crippen molar-refractivity contribution in [1.29, 1.82) is 0 Å². The number of aromatic nitrogens is 4. The van der Waals surface area contributed by atoms with Gasteiger partial charge in [0.25, 0.3) is 0 Å². The first-order valence-corrected chi connectivity index (χ1v) is 10.7. The van der Waals surface area contributed by atoms with Crippen LogP contribution in [0.15, 0.2) is 79.0 Å². The number of halogens is 6. The van der Waals surface area contributed by atoms with Crippen LogP contribution in [0.4, 0.5) is 38.0 Å². The summed E-state index contributed by atoms with van der Waals surface area (Å²) in [5.74, 6) is 1.12. The summed E-state index contributed by atoms with van der Waals surface area (Å²) in [5.41, 5.74) is -0.761. The lowest BCUT2D eigenvalue weighted by molar-refractivity contribution is -0.138. The monoisotopic (exact) mass is 515 g/mol. The van der Waals surface area contributed by atoms with Gasteiger partial charge in [-0.2, -0.15) is 26.3 Å². The highest BCUT2D eigenvalue weighted by Crippen LogP contribution is 2.35. The van der Waals surface area contributed by atoms with E-state index < -0.39 is 23.5 Å². The van der Waals surface area contributed by atoms with Crippen LogP contribution in [0.5, 0.6) is 11.5 Å². The Bertz CT molecular complexity index is 1580. The van der Waals surface area contributed by atoms with Crippen molar-refractivity contribution in [2.75, 3.05) is 5.32 Å². The molecule has 0 fully saturated rings. The highest BCUT2D eigenvalue weighted by molar-refractivity contribution is 5.85. The van der Waals surface area contributed by atoms with Gasteiger partial charge in [-0.05, 0) is 54.6 Å². The van der Waals surface area contributed by atoms with Gasteiger partial charge in [0, 0.05) is 22.8 Å². The van der Waals surface area contributed by atoms with E-state index in [0.717, 1.165) is 24.3 Å². The molecule has 2 N–H and O–H groups in total. The summed E-state index contributed by atoms with van der Waals surface area (Å²) in [6, 6.07) is 16.1. The quantitative estimate of drug-likeness (QED) is 0.236. The second-order valence-corrected chi connectivity index (χ2v) is 7.89. The van der Waals surface area contributed by atoms with Crippen molar-refractivity contribution < 1.29 is 31.1 Å². The molecule has 6 nitrogen and oxygen atoms in total. The minimum atomic E-state index is -4.49. The number of alkyl halides is 6. The molecule has 0 atom stereocenters. The summed E-state index contributed by atoms with van der Waals surface area (Å²) in [6.07, 6.45) is -7.62. The summed E-state index contributed by atoms with van der Waals surface area (Å²) < 4.78 is 83.9. The van der Waals surface area contributed by atoms with Crippen molar-refractivity contribution in [2.45, 2.75) is 12.4 Å². The summed E-state index contributed by atoms with van der Waals surface area (Å²) in [4.78, 5) is 6.90. The van der Waals surface area contributed by atoms with E-state index in [2.05, 4.69) is 25.5 Å². The van der Waals surface area contributed by atoms with E-state index in [-0.39, 0.29) is 17.2 Å². The van der Waals surface area contributed by atoms with Crippen molar-refractivity contribution in [2.24, 2.45) is 0 Å². The standard InChI is InChI=1S/C25H15F6N5O/c26-24(27,28)15-4-2-5-17(12-15)33-23-34-22(35-36-23)14-3-1-6-18(11-14)37-21-9-10-32-20-13-16(25(29,30)31)7-8-19(20)21/h1-13H,(H2,33,34,35,36). The fraction of sp³-hybridized carbons (Fsp3) is 0.0800. The number of benzene rings is 3. The Morgan fingerprint density at radius 1 is 0.757 bits per heavy atom. The maximum Gasteiger partial charge on any atom is 0.416 e. The molecule has 12 heteroatoms. The predicted molar refractivity (Wildman–Crippen MR) is 123 cm³/mol. The molecular formula is C25H15F6N5O. The number of H-pyrrole nitrogens is 1. The molecule has 0 bridgehead atoms. The summed E-state index contributed by atoms with van der Waals surface area (Å²) in [6.45, 7) is 0. The third-order valence-corrected chi connectivity index (χ3v) is 5.30. The molecular weight excluding hydrogens is 500 g/mol. The minimum absolute atomic E-state index is 0.126. The Kier molecular flexibility index (Phi) is 5.94. The van der Waals surface area contributed by atoms with Crippen LogP contribution in [0.2, 0.25) is 0 Å². The number of rotatable bonds is 5. The van der Waals surface area contributed by atoms with Crippen molar-refractivity contribution in [3.63, 3.8) is 0 Å². The molecule has 0 aliphatic rings. The number of anilines is 2. The number of hydrogen-bond donors (Lipinski definition) is 2. The molecule has 0 aliphatic carbocycles. The smallest absolute Gasteiger partial charge is 0.416 e. The maximum atomic E-state index is 13.0. The molecule has 188 valence electrons. The molecule has 0 unspecified atom stereocenters. The Morgan fingerprint density at radius 2 is 1.51 bits per heavy atom. The Morgan fingerprint density at radius 3 is 2.30 bits per heavy atom. The van der Waals surface area contributed by atoms with Crippen molar-refractivity contribution in [3.8, 4) is 22.9 Å². The van der Waals surface area contributed by atoms with E-state index in [1.54, 1.807) is 24.3 Å². The zero-order valence-corrected chi connectivity index (χ0v) is 18.5. The van der Waals surface area contributed by atoms with Crippen LogP contribution in [0.1, 0.15) is 11.1 Å². The van der Waals surface area contributed by atoms with Crippen LogP contribution >= 0.6 is 0 Å². The lowest BCUT2D eigenvalue weighted by Crippen LogP contribution is -2.05. The fourth-order valence-electron chi connectivity index (χ4n) is 3.58. The Labute approximate surface area is 205 Å². The lowest BCUT2D eigenvalue weighted by atomic mass is 10.1. The summed E-state index contributed by atoms with van der Waals surface area (Å²) in [7, 11) is 0. The normalized spacial score (nSPS) is 12.1. The van der Waals surface area contributed by atoms with Gasteiger partial charge in [-0.3, -0.25) is 4.98 Å². The van der Waals surface area contributed by atoms with E-state index in [1.807, 2.05) is 0 Å². The fourth-order valence-corrected chi connectivity index (χ4v) is 3.58. The van der Waals surface area contributed by atoms with Gasteiger partial charge in [-0.1, -0.05) is 18.2 Å². The number of fused-ring (bicyclic) bond motifs is 1. The summed E-state index contributed by atoms with van der Waals surface area (Å²) >= 11 is 0. The second-order valence-electron chi connectivity index (χ2n) is 7.89. The van der Waals surface area contributed by atoms with Gasteiger partial charge in [0.2, 0.25) is 5.95 Å². The zero-order chi connectivity index (χ0) is 26.2. The van der Waals surface area contributed by atoms with Crippen molar-refractivity contribution in [3.05, 3.63) is 90.1 Å². The topological polar surface area (TPSA) is 75.7 Å². The maximum absolute atomic E-state index is 13.0. The SMILES string of the molecule is FC(F)(F)c1cccc(Nc2nnc(-c3cccc(Oc4ccnc5cc(C(F)(F)F)ccc45)c3)[nH]2)c1. The second kappa shape index (κ2) is 9.12. The average molecular weight is 515 g/mol. The molecule has 0 spiro atoms. The third-order valence-electron chi connectivity index (χ3n) is 5.30. The number of aromatic amines is 1. The third kappa shape index (κ3) is 5.32. The molecule has 5 aromatic rings. The van der Waals surface area contributed by atoms with Gasteiger partial charge in [-0.15, -0.1) is 10.2 Å². The number of pyridine rings is 1. The van der Waals surface area contributed by atoms with Gasteiger partial charge in [0.1, 0.15) is 11.5 Å². The zero-order valence-electron chi connectivity index (χ0n) is 18.5. The van der Waals surface area contributed by atoms with Gasteiger partial charge in [0.15, 0.2) is 5.82 Å². The van der Waals surface area contributed by atoms with Crippen LogP contribution in [0, 0.1) is 0 Å². The molecule has 2 aromatic heterocycles. The first-order chi connectivity index (χ1) is 17.6. The summed E-state index contributed by atoms with van der Waals surface area (Å²) in [5, 5.41) is 11.1. The molecule has 0 saturated heterocycles. The largest absolute Gasteiger partial charge is 0.457 e. The van der Waals surface area contributed by atoms with E-state index in [1.165, 1.54) is 30.5 Å². The van der Waals surface area contributed by atoms with Gasteiger partial charge < -0.3 is 15.0 Å². The highest BCUT2D eigenvalue weighted by atomic mass is 19.4. The average Bonchev–Trinajstić information content (AvgIpc) is 3.32. The molecule has 0 aliphatic heterocycles. The van der Waals surface area contributed by atoms with Crippen LogP contribution in [-0.4, -0.2) is 20.2 Å². The molecule has 2 heterocycles. The minimum Gasteiger partial charge on any atom is -0.457 e. The number of hydrogen-bond acceptors (Lipinski definition) is 5. The van der Waals surface area contributed by atoms with Crippen LogP contribution in [-0.2, 0) is 12.4 Å². The molecule has 0 radical (unpaired) electrons. The van der Waals surface area contributed by atoms with E-state index in [9.17, 15) is 26.3 Å². The van der Waals surface area contributed by atoms with Gasteiger partial charge >= 0.3 is 12.4 Å². The Balaban J connectivity index is 1.37. The molecule has 0 saturated carbocycles. The molecule has 5 rings (SSSR count). The Hall–Kier alpha value is -4.61. The first kappa shape index (κ1) is 24.1. The highest BCUT2D eigenvalue weighted by Gasteiger charge is 2.31.